The molecule has 1 aliphatic rings. The molecular formula is C34H23NO3S3. The van der Waals surface area contributed by atoms with Gasteiger partial charge in [-0.25, -0.2) is 0 Å². The second-order valence-electron chi connectivity index (χ2n) is 9.72. The first-order valence-corrected chi connectivity index (χ1v) is 15.6. The molecule has 7 heteroatoms. The number of carbonyl (C=O) groups excluding carboxylic acids is 2. The van der Waals surface area contributed by atoms with Crippen molar-refractivity contribution < 1.29 is 14.7 Å². The third kappa shape index (κ3) is 4.77. The minimum Gasteiger partial charge on any atom is -0.377 e. The fraction of sp³-hybridized carbons (Fsp3) is 0.0588. The van der Waals surface area contributed by atoms with Gasteiger partial charge >= 0.3 is 0 Å². The lowest BCUT2D eigenvalue weighted by Gasteiger charge is -2.26. The molecule has 7 rings (SSSR count). The second-order valence-corrected chi connectivity index (χ2v) is 13.0. The van der Waals surface area contributed by atoms with Crippen LogP contribution in [0.25, 0.3) is 29.9 Å². The van der Waals surface area contributed by atoms with Crippen LogP contribution in [0.15, 0.2) is 121 Å². The van der Waals surface area contributed by atoms with E-state index in [-0.39, 0.29) is 0 Å². The van der Waals surface area contributed by atoms with Crippen molar-refractivity contribution in [3.05, 3.63) is 126 Å². The first-order valence-electron chi connectivity index (χ1n) is 13.1. The minimum atomic E-state index is -1.45. The average Bonchev–Trinajstić information content (AvgIpc) is 3.80. The van der Waals surface area contributed by atoms with Gasteiger partial charge < -0.3 is 10.0 Å². The lowest BCUT2D eigenvalue weighted by molar-refractivity contribution is -0.152. The molecule has 0 saturated heterocycles. The number of hydrogen-bond donors (Lipinski definition) is 1. The number of anilines is 3. The lowest BCUT2D eigenvalue weighted by Crippen LogP contribution is -2.50. The van der Waals surface area contributed by atoms with Crippen LogP contribution < -0.4 is 4.90 Å². The van der Waals surface area contributed by atoms with Crippen LogP contribution in [0.5, 0.6) is 0 Å². The van der Waals surface area contributed by atoms with E-state index in [4.69, 9.17) is 0 Å². The summed E-state index contributed by atoms with van der Waals surface area (Å²) >= 11 is 4.91. The number of Topliss-reactive ketones (excluding diaryl/α,β-unsaturated/α-hetero) is 2. The van der Waals surface area contributed by atoms with Gasteiger partial charge in [-0.05, 0) is 78.4 Å². The summed E-state index contributed by atoms with van der Waals surface area (Å²) in [4.78, 5) is 32.5. The van der Waals surface area contributed by atoms with Crippen molar-refractivity contribution in [1.82, 2.24) is 0 Å². The Labute approximate surface area is 249 Å². The molecule has 1 aliphatic carbocycles. The van der Waals surface area contributed by atoms with Crippen molar-refractivity contribution in [2.24, 2.45) is 0 Å². The molecule has 3 heterocycles. The molecule has 1 saturated carbocycles. The molecule has 0 amide bonds. The van der Waals surface area contributed by atoms with Crippen LogP contribution >= 0.6 is 34.0 Å². The average molecular weight is 590 g/mol. The maximum absolute atomic E-state index is 11.9. The molecule has 0 unspecified atom stereocenters. The van der Waals surface area contributed by atoms with Crippen LogP contribution in [-0.4, -0.2) is 22.8 Å². The molecule has 1 N–H and O–H groups in total. The van der Waals surface area contributed by atoms with Gasteiger partial charge in [-0.2, -0.15) is 0 Å². The van der Waals surface area contributed by atoms with Gasteiger partial charge in [-0.15, -0.1) is 34.0 Å². The number of nitrogens with zero attached hydrogens (tertiary/aromatic N) is 1. The van der Waals surface area contributed by atoms with E-state index >= 15 is 0 Å². The van der Waals surface area contributed by atoms with Crippen LogP contribution in [0.1, 0.15) is 10.8 Å². The Morgan fingerprint density at radius 2 is 0.927 bits per heavy atom. The second kappa shape index (κ2) is 10.7. The Morgan fingerprint density at radius 1 is 0.488 bits per heavy atom. The van der Waals surface area contributed by atoms with Crippen molar-refractivity contribution >= 4 is 62.6 Å². The summed E-state index contributed by atoms with van der Waals surface area (Å²) in [6.45, 7) is 0. The molecule has 0 atom stereocenters. The van der Waals surface area contributed by atoms with Crippen LogP contribution in [0.4, 0.5) is 17.1 Å². The summed E-state index contributed by atoms with van der Waals surface area (Å²) in [5.41, 5.74) is 4.49. The molecule has 0 aliphatic heterocycles. The zero-order valence-electron chi connectivity index (χ0n) is 21.6. The normalized spacial score (nSPS) is 16.5. The van der Waals surface area contributed by atoms with Gasteiger partial charge in [0.25, 0.3) is 0 Å². The highest BCUT2D eigenvalue weighted by molar-refractivity contribution is 7.27. The summed E-state index contributed by atoms with van der Waals surface area (Å²) in [5.74, 6) is -1.61. The van der Waals surface area contributed by atoms with E-state index in [1.54, 1.807) is 22.7 Å². The highest BCUT2D eigenvalue weighted by Crippen LogP contribution is 2.44. The van der Waals surface area contributed by atoms with Gasteiger partial charge in [-0.1, -0.05) is 48.5 Å². The number of aliphatic hydroxyl groups is 1. The number of benzene rings is 3. The number of hydrogen-bond acceptors (Lipinski definition) is 7. The SMILES string of the molecule is O=C1C(O)C(=O)C1c1ccc(-c2ccc(-c3ccc(-c4ccc(N(c5ccccc5)c5ccccc5)cc4)s3)s2)s1. The van der Waals surface area contributed by atoms with Gasteiger partial charge in [-0.3, -0.25) is 9.59 Å². The molecule has 0 bridgehead atoms. The largest absolute Gasteiger partial charge is 0.377 e. The molecule has 1 fully saturated rings. The molecular weight excluding hydrogens is 567 g/mol. The maximum atomic E-state index is 11.9. The third-order valence-corrected chi connectivity index (χ3v) is 10.9. The summed E-state index contributed by atoms with van der Waals surface area (Å²) < 4.78 is 0. The van der Waals surface area contributed by atoms with E-state index in [2.05, 4.69) is 102 Å². The Bertz CT molecular complexity index is 1800. The van der Waals surface area contributed by atoms with Gasteiger partial charge in [0.2, 0.25) is 0 Å². The number of aliphatic hydroxyl groups excluding tert-OH is 1. The van der Waals surface area contributed by atoms with Gasteiger partial charge in [0.15, 0.2) is 17.7 Å². The molecule has 3 aromatic heterocycles. The highest BCUT2D eigenvalue weighted by Gasteiger charge is 2.49. The summed E-state index contributed by atoms with van der Waals surface area (Å²) in [6.07, 6.45) is -1.45. The maximum Gasteiger partial charge on any atom is 0.184 e. The van der Waals surface area contributed by atoms with Crippen molar-refractivity contribution in [1.29, 1.82) is 0 Å². The number of rotatable bonds is 7. The number of para-hydroxylation sites is 2. The molecule has 3 aromatic carbocycles. The zero-order chi connectivity index (χ0) is 27.9. The van der Waals surface area contributed by atoms with Gasteiger partial charge in [0.05, 0.1) is 0 Å². The number of carbonyl (C=O) groups is 2. The molecule has 200 valence electrons. The van der Waals surface area contributed by atoms with E-state index in [9.17, 15) is 14.7 Å². The first-order chi connectivity index (χ1) is 20.1. The van der Waals surface area contributed by atoms with E-state index in [1.165, 1.54) is 31.5 Å². The van der Waals surface area contributed by atoms with Crippen LogP contribution in [-0.2, 0) is 9.59 Å². The zero-order valence-corrected chi connectivity index (χ0v) is 24.1. The Kier molecular flexibility index (Phi) is 6.73. The number of ketones is 2. The third-order valence-electron chi connectivity index (χ3n) is 7.16. The minimum absolute atomic E-state index is 0.401. The quantitative estimate of drug-likeness (QED) is 0.189. The molecule has 0 radical (unpaired) electrons. The van der Waals surface area contributed by atoms with Crippen LogP contribution in [0.2, 0.25) is 0 Å². The predicted octanol–water partition coefficient (Wildman–Crippen LogP) is 8.94. The standard InChI is InChI=1S/C34H23NO3S3/c36-32-31(33(37)34(32)38)30-20-19-29(41-30)28-18-17-27(40-28)26-16-15-25(39-26)21-11-13-24(14-12-21)35(22-7-3-1-4-8-22)23-9-5-2-6-10-23/h1-20,31,34,38H. The van der Waals surface area contributed by atoms with Crippen molar-refractivity contribution in [2.45, 2.75) is 12.0 Å². The fourth-order valence-corrected chi connectivity index (χ4v) is 8.35. The predicted molar refractivity (Wildman–Crippen MR) is 170 cm³/mol. The lowest BCUT2D eigenvalue weighted by atomic mass is 9.78. The Hall–Kier alpha value is -4.14. The first kappa shape index (κ1) is 25.8. The highest BCUT2D eigenvalue weighted by atomic mass is 32.1. The monoisotopic (exact) mass is 589 g/mol. The smallest absolute Gasteiger partial charge is 0.184 e. The fourth-order valence-electron chi connectivity index (χ4n) is 5.03. The van der Waals surface area contributed by atoms with Crippen molar-refractivity contribution in [3.8, 4) is 29.9 Å². The summed E-state index contributed by atoms with van der Waals surface area (Å²) in [5, 5.41) is 9.49. The molecule has 0 spiro atoms. The number of thiophene rings is 3. The van der Waals surface area contributed by atoms with Crippen LogP contribution in [0, 0.1) is 0 Å². The van der Waals surface area contributed by atoms with Crippen LogP contribution in [0.3, 0.4) is 0 Å². The van der Waals surface area contributed by atoms with Crippen molar-refractivity contribution in [2.75, 3.05) is 4.90 Å². The Balaban J connectivity index is 1.11. The van der Waals surface area contributed by atoms with Gasteiger partial charge in [0, 0.05) is 46.3 Å². The van der Waals surface area contributed by atoms with E-state index in [1.807, 2.05) is 24.3 Å². The Morgan fingerprint density at radius 3 is 1.49 bits per heavy atom. The van der Waals surface area contributed by atoms with E-state index < -0.39 is 23.6 Å². The molecule has 4 nitrogen and oxygen atoms in total. The molecule has 6 aromatic rings. The van der Waals surface area contributed by atoms with E-state index in [0.29, 0.717) is 4.88 Å². The summed E-state index contributed by atoms with van der Waals surface area (Å²) in [7, 11) is 0. The summed E-state index contributed by atoms with van der Waals surface area (Å²) in [6, 6.07) is 41.8. The van der Waals surface area contributed by atoms with E-state index in [0.717, 1.165) is 26.8 Å². The molecule has 41 heavy (non-hydrogen) atoms. The topological polar surface area (TPSA) is 57.6 Å². The van der Waals surface area contributed by atoms with Gasteiger partial charge in [0.1, 0.15) is 5.92 Å². The van der Waals surface area contributed by atoms with Crippen molar-refractivity contribution in [3.63, 3.8) is 0 Å².